The van der Waals surface area contributed by atoms with E-state index in [9.17, 15) is 19.8 Å². The molecule has 0 saturated carbocycles. The lowest BCUT2D eigenvalue weighted by Crippen LogP contribution is -2.25. The Morgan fingerprint density at radius 3 is 1.68 bits per heavy atom. The number of esters is 2. The third kappa shape index (κ3) is 31.3. The predicted molar refractivity (Wildman–Crippen MR) is 183 cm³/mol. The SMILES string of the molecule is CCCC[C@H](O)/C=C\C/C=C\C/C=C\C/C=C\CCCC(=O)OC[C@H](O)COC(=O)CCCCCCCCCCC(C)CC. The molecule has 0 radical (unpaired) electrons. The van der Waals surface area contributed by atoms with Crippen LogP contribution in [0, 0.1) is 5.92 Å². The maximum absolute atomic E-state index is 11.9. The molecule has 0 spiro atoms. The average Bonchev–Trinajstić information content (AvgIpc) is 3.02. The highest BCUT2D eigenvalue weighted by Gasteiger charge is 2.12. The van der Waals surface area contributed by atoms with Crippen molar-refractivity contribution in [2.45, 2.75) is 161 Å². The van der Waals surface area contributed by atoms with Crippen molar-refractivity contribution in [3.8, 4) is 0 Å². The molecule has 0 aliphatic rings. The lowest BCUT2D eigenvalue weighted by molar-refractivity contribution is -0.152. The number of hydrogen-bond donors (Lipinski definition) is 2. The number of hydrogen-bond acceptors (Lipinski definition) is 6. The molecule has 0 aromatic rings. The second-order valence-electron chi connectivity index (χ2n) is 12.1. The van der Waals surface area contributed by atoms with Gasteiger partial charge < -0.3 is 19.7 Å². The highest BCUT2D eigenvalue weighted by atomic mass is 16.6. The van der Waals surface area contributed by atoms with Gasteiger partial charge in [0.05, 0.1) is 6.10 Å². The molecule has 0 aliphatic carbocycles. The van der Waals surface area contributed by atoms with E-state index >= 15 is 0 Å². The summed E-state index contributed by atoms with van der Waals surface area (Å²) in [7, 11) is 0. The van der Waals surface area contributed by atoms with Crippen molar-refractivity contribution >= 4 is 11.9 Å². The monoisotopic (exact) mass is 618 g/mol. The number of aliphatic hydroxyl groups is 2. The van der Waals surface area contributed by atoms with Crippen LogP contribution in [-0.4, -0.2) is 47.6 Å². The highest BCUT2D eigenvalue weighted by molar-refractivity contribution is 5.69. The number of allylic oxidation sites excluding steroid dienone is 7. The number of rotatable bonds is 30. The third-order valence-electron chi connectivity index (χ3n) is 7.68. The molecule has 0 aliphatic heterocycles. The normalized spacial score (nSPS) is 14.2. The van der Waals surface area contributed by atoms with E-state index in [1.807, 2.05) is 12.2 Å². The van der Waals surface area contributed by atoms with E-state index in [0.717, 1.165) is 70.1 Å². The minimum atomic E-state index is -0.996. The van der Waals surface area contributed by atoms with Crippen molar-refractivity contribution in [2.75, 3.05) is 13.2 Å². The fourth-order valence-electron chi connectivity index (χ4n) is 4.54. The molecule has 6 heteroatoms. The van der Waals surface area contributed by atoms with Crippen molar-refractivity contribution < 1.29 is 29.3 Å². The Bertz CT molecular complexity index is 784. The first kappa shape index (κ1) is 41.8. The van der Waals surface area contributed by atoms with Crippen molar-refractivity contribution in [3.63, 3.8) is 0 Å². The summed E-state index contributed by atoms with van der Waals surface area (Å²) in [6.45, 7) is 6.41. The molecule has 0 heterocycles. The van der Waals surface area contributed by atoms with Gasteiger partial charge in [-0.3, -0.25) is 9.59 Å². The Labute approximate surface area is 270 Å². The molecule has 0 bridgehead atoms. The second-order valence-corrected chi connectivity index (χ2v) is 12.1. The molecule has 254 valence electrons. The summed E-state index contributed by atoms with van der Waals surface area (Å²) in [6.07, 6.45) is 35.0. The van der Waals surface area contributed by atoms with Crippen LogP contribution in [0.3, 0.4) is 0 Å². The molecule has 0 aromatic heterocycles. The van der Waals surface area contributed by atoms with Crippen LogP contribution in [0.1, 0.15) is 149 Å². The van der Waals surface area contributed by atoms with Gasteiger partial charge in [0.1, 0.15) is 19.3 Å². The second kappa shape index (κ2) is 32.2. The van der Waals surface area contributed by atoms with Crippen molar-refractivity contribution in [1.82, 2.24) is 0 Å². The summed E-state index contributed by atoms with van der Waals surface area (Å²) < 4.78 is 10.2. The van der Waals surface area contributed by atoms with E-state index in [2.05, 4.69) is 57.2 Å². The summed E-state index contributed by atoms with van der Waals surface area (Å²) in [5.74, 6) is 0.195. The van der Waals surface area contributed by atoms with E-state index in [0.29, 0.717) is 19.3 Å². The quantitative estimate of drug-likeness (QED) is 0.0473. The lowest BCUT2D eigenvalue weighted by Gasteiger charge is -2.12. The van der Waals surface area contributed by atoms with Crippen LogP contribution >= 0.6 is 0 Å². The van der Waals surface area contributed by atoms with Gasteiger partial charge in [0, 0.05) is 12.8 Å². The molecule has 0 amide bonds. The zero-order valence-corrected chi connectivity index (χ0v) is 28.4. The molecule has 0 aromatic carbocycles. The Balaban J connectivity index is 3.62. The maximum Gasteiger partial charge on any atom is 0.305 e. The summed E-state index contributed by atoms with van der Waals surface area (Å²) in [5.41, 5.74) is 0. The van der Waals surface area contributed by atoms with Gasteiger partial charge in [-0.15, -0.1) is 0 Å². The fourth-order valence-corrected chi connectivity index (χ4v) is 4.54. The lowest BCUT2D eigenvalue weighted by atomic mass is 9.99. The van der Waals surface area contributed by atoms with Crippen LogP contribution in [0.2, 0.25) is 0 Å². The minimum Gasteiger partial charge on any atom is -0.463 e. The molecule has 0 saturated heterocycles. The molecule has 1 unspecified atom stereocenters. The predicted octanol–water partition coefficient (Wildman–Crippen LogP) is 9.50. The summed E-state index contributed by atoms with van der Waals surface area (Å²) in [4.78, 5) is 23.8. The van der Waals surface area contributed by atoms with E-state index in [1.54, 1.807) is 0 Å². The van der Waals surface area contributed by atoms with Crippen molar-refractivity contribution in [2.24, 2.45) is 5.92 Å². The van der Waals surface area contributed by atoms with Gasteiger partial charge in [-0.25, -0.2) is 0 Å². The summed E-state index contributed by atoms with van der Waals surface area (Å²) >= 11 is 0. The number of carbonyl (C=O) groups excluding carboxylic acids is 2. The molecular weight excluding hydrogens is 552 g/mol. The fraction of sp³-hybridized carbons (Fsp3) is 0.737. The molecular formula is C38H66O6. The summed E-state index contributed by atoms with van der Waals surface area (Å²) in [5, 5.41) is 19.7. The van der Waals surface area contributed by atoms with Crippen LogP contribution in [0.15, 0.2) is 48.6 Å². The van der Waals surface area contributed by atoms with E-state index in [1.165, 1.54) is 44.9 Å². The minimum absolute atomic E-state index is 0.144. The van der Waals surface area contributed by atoms with E-state index in [4.69, 9.17) is 9.47 Å². The largest absolute Gasteiger partial charge is 0.463 e. The van der Waals surface area contributed by atoms with Gasteiger partial charge >= 0.3 is 11.9 Å². The Morgan fingerprint density at radius 1 is 0.614 bits per heavy atom. The smallest absolute Gasteiger partial charge is 0.305 e. The van der Waals surface area contributed by atoms with Gasteiger partial charge in [-0.05, 0) is 50.9 Å². The van der Waals surface area contributed by atoms with Crippen molar-refractivity contribution in [1.29, 1.82) is 0 Å². The van der Waals surface area contributed by atoms with E-state index in [-0.39, 0.29) is 31.3 Å². The van der Waals surface area contributed by atoms with Crippen molar-refractivity contribution in [3.05, 3.63) is 48.6 Å². The molecule has 3 atom stereocenters. The molecule has 0 rings (SSSR count). The van der Waals surface area contributed by atoms with Crippen LogP contribution in [0.25, 0.3) is 0 Å². The van der Waals surface area contributed by atoms with Crippen LogP contribution in [-0.2, 0) is 19.1 Å². The van der Waals surface area contributed by atoms with Gasteiger partial charge in [0.25, 0.3) is 0 Å². The van der Waals surface area contributed by atoms with Gasteiger partial charge in [-0.2, -0.15) is 0 Å². The van der Waals surface area contributed by atoms with Gasteiger partial charge in [0.2, 0.25) is 0 Å². The number of ether oxygens (including phenoxy) is 2. The van der Waals surface area contributed by atoms with Gasteiger partial charge in [0.15, 0.2) is 0 Å². The van der Waals surface area contributed by atoms with Crippen LogP contribution < -0.4 is 0 Å². The average molecular weight is 619 g/mol. The first-order valence-corrected chi connectivity index (χ1v) is 17.7. The number of unbranched alkanes of at least 4 members (excludes halogenated alkanes) is 9. The zero-order chi connectivity index (χ0) is 32.5. The number of carbonyl (C=O) groups is 2. The Morgan fingerprint density at radius 2 is 1.11 bits per heavy atom. The molecule has 2 N–H and O–H groups in total. The molecule has 6 nitrogen and oxygen atoms in total. The zero-order valence-electron chi connectivity index (χ0n) is 28.4. The topological polar surface area (TPSA) is 93.1 Å². The molecule has 0 fully saturated rings. The molecule has 44 heavy (non-hydrogen) atoms. The number of aliphatic hydroxyl groups excluding tert-OH is 2. The van der Waals surface area contributed by atoms with Crippen LogP contribution in [0.5, 0.6) is 0 Å². The third-order valence-corrected chi connectivity index (χ3v) is 7.68. The van der Waals surface area contributed by atoms with E-state index < -0.39 is 6.10 Å². The van der Waals surface area contributed by atoms with Crippen LogP contribution in [0.4, 0.5) is 0 Å². The maximum atomic E-state index is 11.9. The first-order chi connectivity index (χ1) is 21.4. The summed E-state index contributed by atoms with van der Waals surface area (Å²) in [6, 6.07) is 0. The van der Waals surface area contributed by atoms with Gasteiger partial charge in [-0.1, -0.05) is 140 Å². The Kier molecular flexibility index (Phi) is 30.6. The highest BCUT2D eigenvalue weighted by Crippen LogP contribution is 2.15. The Hall–Kier alpha value is -2.18. The standard InChI is InChI=1S/C38H66O6/c1-4-6-28-35(39)29-24-20-16-11-9-7-8-10-12-17-21-25-30-37(41)43-32-36(40)33-44-38(42)31-26-22-18-14-13-15-19-23-27-34(3)5-2/h7-8,11-12,16-17,24,29,34-36,39-40H,4-6,9-10,13-15,18-23,25-28,30-33H2,1-3H3/b8-7-,16-11-,17-12-,29-24-/t34?,35-,36-/m0/s1. The first-order valence-electron chi connectivity index (χ1n) is 17.7.